The number of ether oxygens (including phenoxy) is 4. The highest BCUT2D eigenvalue weighted by Crippen LogP contribution is 2.55. The average molecular weight is 867 g/mol. The molecule has 0 amide bonds. The quantitative estimate of drug-likeness (QED) is 0.0731. The molecule has 0 spiro atoms. The summed E-state index contributed by atoms with van der Waals surface area (Å²) in [7, 11) is 0. The van der Waals surface area contributed by atoms with Crippen LogP contribution in [0.5, 0.6) is 80.5 Å². The molecule has 2 aliphatic rings. The van der Waals surface area contributed by atoms with Gasteiger partial charge in [0.1, 0.15) is 29.5 Å². The molecular formula is C44H34O19. The summed E-state index contributed by atoms with van der Waals surface area (Å²) in [6, 6.07) is 16.0. The summed E-state index contributed by atoms with van der Waals surface area (Å²) in [4.78, 5) is 27.3. The van der Waals surface area contributed by atoms with Gasteiger partial charge in [0, 0.05) is 34.7 Å². The zero-order valence-electron chi connectivity index (χ0n) is 31.9. The third kappa shape index (κ3) is 7.27. The molecule has 6 aromatic carbocycles. The maximum absolute atomic E-state index is 13.7. The molecule has 0 saturated carbocycles. The molecule has 19 heteroatoms. The van der Waals surface area contributed by atoms with Gasteiger partial charge in [0.05, 0.1) is 11.1 Å². The van der Waals surface area contributed by atoms with E-state index < -0.39 is 122 Å². The normalized spacial score (nSPS) is 18.8. The van der Waals surface area contributed by atoms with E-state index in [1.807, 2.05) is 0 Å². The van der Waals surface area contributed by atoms with E-state index >= 15 is 0 Å². The van der Waals surface area contributed by atoms with Gasteiger partial charge >= 0.3 is 11.9 Å². The Labute approximate surface area is 353 Å². The maximum Gasteiger partial charge on any atom is 0.338 e. The highest BCUT2D eigenvalue weighted by molar-refractivity contribution is 5.92. The number of carbonyl (C=O) groups excluding carboxylic acids is 2. The minimum atomic E-state index is -1.86. The fourth-order valence-corrected chi connectivity index (χ4v) is 7.53. The minimum Gasteiger partial charge on any atom is -0.508 e. The molecule has 0 saturated heterocycles. The van der Waals surface area contributed by atoms with E-state index in [9.17, 15) is 76.0 Å². The number of hydrogen-bond acceptors (Lipinski definition) is 19. The van der Waals surface area contributed by atoms with E-state index in [0.29, 0.717) is 5.56 Å². The van der Waals surface area contributed by atoms with Crippen molar-refractivity contribution in [2.24, 2.45) is 0 Å². The number of phenols is 12. The lowest BCUT2D eigenvalue weighted by Crippen LogP contribution is -2.38. The zero-order valence-corrected chi connectivity index (χ0v) is 31.9. The fourth-order valence-electron chi connectivity index (χ4n) is 7.53. The molecule has 0 radical (unpaired) electrons. The van der Waals surface area contributed by atoms with Crippen LogP contribution in [0.4, 0.5) is 0 Å². The number of aromatic hydroxyl groups is 12. The minimum absolute atomic E-state index is 0.0252. The Bertz CT molecular complexity index is 2810. The summed E-state index contributed by atoms with van der Waals surface area (Å²) in [5.41, 5.74) is -1.84. The number of carbonyl (C=O) groups is 2. The van der Waals surface area contributed by atoms with Crippen LogP contribution in [0.1, 0.15) is 61.3 Å². The van der Waals surface area contributed by atoms with Gasteiger partial charge in [0.15, 0.2) is 75.8 Å². The predicted molar refractivity (Wildman–Crippen MR) is 211 cm³/mol. The van der Waals surface area contributed by atoms with Crippen LogP contribution in [-0.4, -0.2) is 90.5 Å². The Morgan fingerprint density at radius 3 is 1.68 bits per heavy atom. The topological polar surface area (TPSA) is 334 Å². The first-order chi connectivity index (χ1) is 29.9. The largest absolute Gasteiger partial charge is 0.508 e. The lowest BCUT2D eigenvalue weighted by atomic mass is 9.83. The van der Waals surface area contributed by atoms with Gasteiger partial charge < -0.3 is 85.3 Å². The number of benzene rings is 6. The van der Waals surface area contributed by atoms with E-state index in [1.165, 1.54) is 12.1 Å². The molecule has 63 heavy (non-hydrogen) atoms. The first-order valence-corrected chi connectivity index (χ1v) is 18.6. The van der Waals surface area contributed by atoms with E-state index in [2.05, 4.69) is 0 Å². The summed E-state index contributed by atoms with van der Waals surface area (Å²) in [6.07, 6.45) is -8.55. The van der Waals surface area contributed by atoms with E-state index in [0.717, 1.165) is 48.5 Å². The van der Waals surface area contributed by atoms with Crippen LogP contribution >= 0.6 is 0 Å². The van der Waals surface area contributed by atoms with Crippen LogP contribution in [-0.2, 0) is 15.9 Å². The lowest BCUT2D eigenvalue weighted by molar-refractivity contribution is -0.0832. The molecule has 19 nitrogen and oxygen atoms in total. The van der Waals surface area contributed by atoms with Crippen molar-refractivity contribution in [1.29, 1.82) is 0 Å². The smallest absolute Gasteiger partial charge is 0.338 e. The molecule has 5 atom stereocenters. The monoisotopic (exact) mass is 866 g/mol. The van der Waals surface area contributed by atoms with Gasteiger partial charge in [0.25, 0.3) is 0 Å². The number of aliphatic hydroxyl groups is 1. The molecule has 8 rings (SSSR count). The summed E-state index contributed by atoms with van der Waals surface area (Å²) in [6.45, 7) is 0. The van der Waals surface area contributed by atoms with Gasteiger partial charge in [-0.25, -0.2) is 9.59 Å². The van der Waals surface area contributed by atoms with Crippen LogP contribution < -0.4 is 9.47 Å². The molecule has 6 aromatic rings. The molecule has 0 fully saturated rings. The molecular weight excluding hydrogens is 832 g/mol. The number of aliphatic hydroxyl groups excluding tert-OH is 1. The Morgan fingerprint density at radius 1 is 0.508 bits per heavy atom. The van der Waals surface area contributed by atoms with E-state index in [4.69, 9.17) is 18.9 Å². The van der Waals surface area contributed by atoms with Gasteiger partial charge in [-0.15, -0.1) is 0 Å². The van der Waals surface area contributed by atoms with Crippen molar-refractivity contribution in [2.45, 2.75) is 36.9 Å². The Hall–Kier alpha value is -8.58. The van der Waals surface area contributed by atoms with Crippen molar-refractivity contribution in [3.05, 3.63) is 118 Å². The third-order valence-corrected chi connectivity index (χ3v) is 10.6. The third-order valence-electron chi connectivity index (χ3n) is 10.6. The summed E-state index contributed by atoms with van der Waals surface area (Å²) >= 11 is 0. The van der Waals surface area contributed by atoms with Gasteiger partial charge in [-0.1, -0.05) is 18.2 Å². The molecule has 324 valence electrons. The van der Waals surface area contributed by atoms with E-state index in [-0.39, 0.29) is 45.9 Å². The number of esters is 2. The predicted octanol–water partition coefficient (Wildman–Crippen LogP) is 5.12. The van der Waals surface area contributed by atoms with Crippen molar-refractivity contribution < 1.29 is 94.9 Å². The van der Waals surface area contributed by atoms with Gasteiger partial charge in [0.2, 0.25) is 5.75 Å². The van der Waals surface area contributed by atoms with Crippen LogP contribution in [0.3, 0.4) is 0 Å². The average Bonchev–Trinajstić information content (AvgIpc) is 3.24. The second-order valence-electron chi connectivity index (χ2n) is 14.6. The van der Waals surface area contributed by atoms with Crippen LogP contribution in [0.25, 0.3) is 11.1 Å². The molecule has 0 aromatic heterocycles. The van der Waals surface area contributed by atoms with E-state index in [1.54, 1.807) is 24.3 Å². The fraction of sp³-hybridized carbons (Fsp3) is 0.136. The molecule has 2 heterocycles. The van der Waals surface area contributed by atoms with Gasteiger partial charge in [-0.2, -0.15) is 0 Å². The van der Waals surface area contributed by atoms with Crippen molar-refractivity contribution >= 4 is 11.9 Å². The van der Waals surface area contributed by atoms with Crippen LogP contribution in [0, 0.1) is 0 Å². The number of fused-ring (bicyclic) bond motifs is 2. The molecule has 0 bridgehead atoms. The molecule has 0 aliphatic carbocycles. The Kier molecular flexibility index (Phi) is 10.1. The van der Waals surface area contributed by atoms with Crippen molar-refractivity contribution in [3.63, 3.8) is 0 Å². The summed E-state index contributed by atoms with van der Waals surface area (Å²) < 4.78 is 24.2. The summed E-state index contributed by atoms with van der Waals surface area (Å²) in [5.74, 6) is -12.9. The highest BCUT2D eigenvalue weighted by Gasteiger charge is 2.45. The standard InChI is InChI=1S/C44H34O19/c45-19-5-6-20-32(12-19)61-41(42(35(20)53)63-44(59)18-9-28(50)37(55)29(51)10-18)22-14-25(47)24(46)13-21(22)34-23(15-30(52)38(56)39(34)57)40-33(11-16-3-1-2-4-31(16)60-40)62-43(58)17-7-26(48)36(54)27(49)8-17/h1-10,12-15,33,35,40-42,45-57H,11H2/t33-,35?,40-,41?,42-/m1/s1. The van der Waals surface area contributed by atoms with Gasteiger partial charge in [-0.05, 0) is 71.8 Å². The molecule has 13 N–H and O–H groups in total. The lowest BCUT2D eigenvalue weighted by Gasteiger charge is -2.38. The van der Waals surface area contributed by atoms with Crippen molar-refractivity contribution in [3.8, 4) is 91.6 Å². The second kappa shape index (κ2) is 15.5. The van der Waals surface area contributed by atoms with Crippen LogP contribution in [0.15, 0.2) is 84.9 Å². The van der Waals surface area contributed by atoms with Crippen molar-refractivity contribution in [2.75, 3.05) is 0 Å². The maximum atomic E-state index is 13.7. The van der Waals surface area contributed by atoms with Crippen molar-refractivity contribution in [1.82, 2.24) is 0 Å². The second-order valence-corrected chi connectivity index (χ2v) is 14.6. The first-order valence-electron chi connectivity index (χ1n) is 18.6. The number of para-hydroxylation sites is 1. The molecule has 2 aliphatic heterocycles. The van der Waals surface area contributed by atoms with Crippen LogP contribution in [0.2, 0.25) is 0 Å². The first kappa shape index (κ1) is 41.2. The number of phenolic OH excluding ortho intramolecular Hbond substituents is 12. The molecule has 2 unspecified atom stereocenters. The number of hydrogen-bond donors (Lipinski definition) is 13. The SMILES string of the molecule is O=C(O[C@@H]1C(O)c2ccc(O)cc2OC1c1cc(O)c(O)cc1-c1c([C@H]2Oc3ccccc3C[C@H]2OC(=O)c2cc(O)c(O)c(O)c2)cc(O)c(O)c1O)c1cc(O)c(O)c(O)c1. The van der Waals surface area contributed by atoms with Gasteiger partial charge in [-0.3, -0.25) is 0 Å². The number of rotatable bonds is 7. The summed E-state index contributed by atoms with van der Waals surface area (Å²) in [5, 5.41) is 138. The highest BCUT2D eigenvalue weighted by atomic mass is 16.6. The Balaban J connectivity index is 1.31. The Morgan fingerprint density at radius 2 is 1.05 bits per heavy atom. The zero-order chi connectivity index (χ0) is 45.2.